The molecule has 1 aromatic rings. The van der Waals surface area contributed by atoms with Crippen molar-refractivity contribution >= 4 is 34.2 Å². The number of rotatable bonds is 1. The van der Waals surface area contributed by atoms with Gasteiger partial charge in [-0.3, -0.25) is 4.99 Å². The first-order valence-corrected chi connectivity index (χ1v) is 8.43. The van der Waals surface area contributed by atoms with Gasteiger partial charge in [0.1, 0.15) is 5.82 Å². The largest absolute Gasteiger partial charge is 0.335 e. The van der Waals surface area contributed by atoms with Gasteiger partial charge in [-0.15, -0.1) is 0 Å². The maximum absolute atomic E-state index is 13.1. The van der Waals surface area contributed by atoms with Crippen LogP contribution in [-0.2, 0) is 0 Å². The summed E-state index contributed by atoms with van der Waals surface area (Å²) >= 11 is 7.56. The fourth-order valence-electron chi connectivity index (χ4n) is 2.93. The second kappa shape index (κ2) is 5.94. The molecule has 0 atom stereocenters. The van der Waals surface area contributed by atoms with Gasteiger partial charge < -0.3 is 5.32 Å². The number of benzene rings is 1. The topological polar surface area (TPSA) is 24.4 Å². The van der Waals surface area contributed by atoms with E-state index in [4.69, 9.17) is 11.6 Å². The van der Waals surface area contributed by atoms with E-state index in [0.717, 1.165) is 23.2 Å². The molecule has 0 aromatic heterocycles. The summed E-state index contributed by atoms with van der Waals surface area (Å²) in [6.45, 7) is 0.914. The molecule has 2 nitrogen and oxygen atoms in total. The maximum Gasteiger partial charge on any atom is 0.161 e. The van der Waals surface area contributed by atoms with Gasteiger partial charge in [-0.25, -0.2) is 4.39 Å². The molecule has 1 heterocycles. The Morgan fingerprint density at radius 1 is 1.25 bits per heavy atom. The summed E-state index contributed by atoms with van der Waals surface area (Å²) in [5.74, 6) is 0.741. The van der Waals surface area contributed by atoms with Gasteiger partial charge in [0, 0.05) is 18.0 Å². The van der Waals surface area contributed by atoms with E-state index in [1.165, 1.54) is 38.2 Å². The van der Waals surface area contributed by atoms with Crippen molar-refractivity contribution in [3.05, 3.63) is 29.0 Å². The van der Waals surface area contributed by atoms with Crippen LogP contribution in [0.15, 0.2) is 23.2 Å². The minimum Gasteiger partial charge on any atom is -0.335 e. The zero-order chi connectivity index (χ0) is 14.0. The predicted octanol–water partition coefficient (Wildman–Crippen LogP) is 4.94. The first-order chi connectivity index (χ1) is 9.67. The number of aliphatic imine (C=N–C) groups is 1. The Morgan fingerprint density at radius 2 is 2.05 bits per heavy atom. The molecule has 2 aliphatic rings. The van der Waals surface area contributed by atoms with E-state index < -0.39 is 5.82 Å². The third-order valence-corrected chi connectivity index (χ3v) is 5.71. The highest BCUT2D eigenvalue weighted by Gasteiger charge is 2.34. The standard InChI is InChI=1S/C15H18ClFN2S/c16-12-8-11(4-5-13(12)17)19-14-18-9-15(10-20-14)6-2-1-3-7-15/h4-5,8H,1-3,6-7,9-10H2,(H,18,19). The van der Waals surface area contributed by atoms with Gasteiger partial charge in [-0.2, -0.15) is 0 Å². The number of anilines is 1. The Bertz CT molecular complexity index is 527. The van der Waals surface area contributed by atoms with Crippen LogP contribution in [0, 0.1) is 11.2 Å². The van der Waals surface area contributed by atoms with Crippen molar-refractivity contribution in [1.82, 2.24) is 0 Å². The van der Waals surface area contributed by atoms with Crippen molar-refractivity contribution in [3.8, 4) is 0 Å². The molecule has 1 N–H and O–H groups in total. The van der Waals surface area contributed by atoms with E-state index in [9.17, 15) is 4.39 Å². The molecule has 108 valence electrons. The van der Waals surface area contributed by atoms with Gasteiger partial charge in [0.15, 0.2) is 5.17 Å². The molecule has 0 radical (unpaired) electrons. The van der Waals surface area contributed by atoms with E-state index in [2.05, 4.69) is 10.3 Å². The van der Waals surface area contributed by atoms with Crippen molar-refractivity contribution in [2.45, 2.75) is 32.1 Å². The Hall–Kier alpha value is -0.740. The van der Waals surface area contributed by atoms with Crippen molar-refractivity contribution in [2.75, 3.05) is 17.6 Å². The van der Waals surface area contributed by atoms with Crippen LogP contribution in [0.3, 0.4) is 0 Å². The lowest BCUT2D eigenvalue weighted by atomic mass is 9.75. The van der Waals surface area contributed by atoms with Crippen LogP contribution in [0.2, 0.25) is 5.02 Å². The molecular weight excluding hydrogens is 295 g/mol. The van der Waals surface area contributed by atoms with Crippen LogP contribution >= 0.6 is 23.4 Å². The van der Waals surface area contributed by atoms with E-state index >= 15 is 0 Å². The Kier molecular flexibility index (Phi) is 4.22. The van der Waals surface area contributed by atoms with Crippen LogP contribution in [0.25, 0.3) is 0 Å². The SMILES string of the molecule is Fc1ccc(NC2=NCC3(CCCCC3)CS2)cc1Cl. The normalized spacial score (nSPS) is 21.6. The Labute approximate surface area is 128 Å². The summed E-state index contributed by atoms with van der Waals surface area (Å²) in [6.07, 6.45) is 6.66. The van der Waals surface area contributed by atoms with Crippen molar-refractivity contribution in [2.24, 2.45) is 10.4 Å². The lowest BCUT2D eigenvalue weighted by Gasteiger charge is -2.38. The number of nitrogens with one attached hydrogen (secondary N) is 1. The summed E-state index contributed by atoms with van der Waals surface area (Å²) in [5, 5.41) is 4.29. The zero-order valence-electron chi connectivity index (χ0n) is 11.3. The van der Waals surface area contributed by atoms with Crippen LogP contribution < -0.4 is 5.32 Å². The molecule has 0 bridgehead atoms. The zero-order valence-corrected chi connectivity index (χ0v) is 12.9. The Balaban J connectivity index is 1.65. The first-order valence-electron chi connectivity index (χ1n) is 7.06. The van der Waals surface area contributed by atoms with Crippen LogP contribution in [0.4, 0.5) is 10.1 Å². The lowest BCUT2D eigenvalue weighted by Crippen LogP contribution is -2.35. The van der Waals surface area contributed by atoms with E-state index in [-0.39, 0.29) is 5.02 Å². The second-order valence-electron chi connectivity index (χ2n) is 5.72. The van der Waals surface area contributed by atoms with Crippen LogP contribution in [0.5, 0.6) is 0 Å². The average Bonchev–Trinajstić information content (AvgIpc) is 2.47. The molecule has 0 saturated heterocycles. The minimum absolute atomic E-state index is 0.139. The number of halogens is 2. The molecule has 1 aromatic carbocycles. The molecule has 20 heavy (non-hydrogen) atoms. The number of nitrogens with zero attached hydrogens (tertiary/aromatic N) is 1. The van der Waals surface area contributed by atoms with Gasteiger partial charge in [0.2, 0.25) is 0 Å². The van der Waals surface area contributed by atoms with Gasteiger partial charge in [-0.05, 0) is 36.5 Å². The smallest absolute Gasteiger partial charge is 0.161 e. The number of hydrogen-bond acceptors (Lipinski definition) is 3. The highest BCUT2D eigenvalue weighted by molar-refractivity contribution is 8.14. The highest BCUT2D eigenvalue weighted by Crippen LogP contribution is 2.42. The summed E-state index contributed by atoms with van der Waals surface area (Å²) in [5.41, 5.74) is 1.22. The lowest BCUT2D eigenvalue weighted by molar-refractivity contribution is 0.232. The van der Waals surface area contributed by atoms with Gasteiger partial charge >= 0.3 is 0 Å². The van der Waals surface area contributed by atoms with Gasteiger partial charge in [0.25, 0.3) is 0 Å². The maximum atomic E-state index is 13.1. The van der Waals surface area contributed by atoms with Gasteiger partial charge in [-0.1, -0.05) is 42.6 Å². The molecule has 0 amide bonds. The fourth-order valence-corrected chi connectivity index (χ4v) is 4.28. The Morgan fingerprint density at radius 3 is 2.70 bits per heavy atom. The molecule has 3 rings (SSSR count). The minimum atomic E-state index is -0.392. The van der Waals surface area contributed by atoms with E-state index in [1.54, 1.807) is 23.9 Å². The monoisotopic (exact) mass is 312 g/mol. The van der Waals surface area contributed by atoms with Crippen LogP contribution in [0.1, 0.15) is 32.1 Å². The van der Waals surface area contributed by atoms with Crippen LogP contribution in [-0.4, -0.2) is 17.5 Å². The number of thioether (sulfide) groups is 1. The summed E-state index contributed by atoms with van der Waals surface area (Å²) in [7, 11) is 0. The molecule has 1 spiro atoms. The first kappa shape index (κ1) is 14.2. The highest BCUT2D eigenvalue weighted by atomic mass is 35.5. The third kappa shape index (κ3) is 3.12. The van der Waals surface area contributed by atoms with Crippen molar-refractivity contribution < 1.29 is 4.39 Å². The molecule has 0 unspecified atom stereocenters. The second-order valence-corrected chi connectivity index (χ2v) is 7.10. The molecule has 5 heteroatoms. The molecule has 1 aliphatic heterocycles. The molecular formula is C15H18ClFN2S. The van der Waals surface area contributed by atoms with Crippen molar-refractivity contribution in [1.29, 1.82) is 0 Å². The fraction of sp³-hybridized carbons (Fsp3) is 0.533. The third-order valence-electron chi connectivity index (χ3n) is 4.16. The van der Waals surface area contributed by atoms with Crippen molar-refractivity contribution in [3.63, 3.8) is 0 Å². The summed E-state index contributed by atoms with van der Waals surface area (Å²) in [6, 6.07) is 4.67. The molecule has 1 saturated carbocycles. The average molecular weight is 313 g/mol. The summed E-state index contributed by atoms with van der Waals surface area (Å²) < 4.78 is 13.1. The van der Waals surface area contributed by atoms with E-state index in [0.29, 0.717) is 5.41 Å². The predicted molar refractivity (Wildman–Crippen MR) is 85.3 cm³/mol. The molecule has 1 fully saturated rings. The number of amidine groups is 1. The summed E-state index contributed by atoms with van der Waals surface area (Å²) in [4.78, 5) is 4.69. The molecule has 1 aliphatic carbocycles. The van der Waals surface area contributed by atoms with Gasteiger partial charge in [0.05, 0.1) is 5.02 Å². The quantitative estimate of drug-likeness (QED) is 0.794. The number of hydrogen-bond donors (Lipinski definition) is 1. The van der Waals surface area contributed by atoms with E-state index in [1.807, 2.05) is 0 Å².